The first-order valence-electron chi connectivity index (χ1n) is 10.6. The highest BCUT2D eigenvalue weighted by Crippen LogP contribution is 2.31. The number of ether oxygens (including phenoxy) is 2. The van der Waals surface area contributed by atoms with Gasteiger partial charge in [-0.05, 0) is 31.0 Å². The number of benzene rings is 2. The molecule has 1 aliphatic rings. The average molecular weight is 424 g/mol. The molecule has 7 nitrogen and oxygen atoms in total. The number of carbonyl (C=O) groups is 3. The lowest BCUT2D eigenvalue weighted by Gasteiger charge is -2.29. The largest absolute Gasteiger partial charge is 0.482 e. The monoisotopic (exact) mass is 424 g/mol. The van der Waals surface area contributed by atoms with Crippen LogP contribution in [0.25, 0.3) is 0 Å². The van der Waals surface area contributed by atoms with Gasteiger partial charge in [0.1, 0.15) is 5.75 Å². The van der Waals surface area contributed by atoms with E-state index in [9.17, 15) is 14.4 Å². The smallest absolute Gasteiger partial charge is 0.308 e. The third-order valence-electron chi connectivity index (χ3n) is 5.12. The maximum atomic E-state index is 12.6. The van der Waals surface area contributed by atoms with Gasteiger partial charge in [0.2, 0.25) is 0 Å². The number of para-hydroxylation sites is 2. The number of rotatable bonds is 9. The number of hydrogen-bond donors (Lipinski definition) is 1. The highest BCUT2D eigenvalue weighted by atomic mass is 16.5. The van der Waals surface area contributed by atoms with Crippen molar-refractivity contribution in [3.8, 4) is 5.75 Å². The molecule has 0 fully saturated rings. The van der Waals surface area contributed by atoms with E-state index < -0.39 is 12.1 Å². The van der Waals surface area contributed by atoms with E-state index in [4.69, 9.17) is 9.47 Å². The van der Waals surface area contributed by atoms with Gasteiger partial charge in [-0.1, -0.05) is 55.8 Å². The summed E-state index contributed by atoms with van der Waals surface area (Å²) in [6.45, 7) is 3.70. The van der Waals surface area contributed by atoms with Crippen LogP contribution >= 0.6 is 0 Å². The van der Waals surface area contributed by atoms with Gasteiger partial charge >= 0.3 is 5.97 Å². The van der Waals surface area contributed by atoms with Crippen molar-refractivity contribution in [2.75, 3.05) is 18.1 Å². The Hall–Kier alpha value is -3.35. The van der Waals surface area contributed by atoms with Crippen molar-refractivity contribution in [1.29, 1.82) is 0 Å². The molecule has 1 heterocycles. The molecule has 31 heavy (non-hydrogen) atoms. The maximum absolute atomic E-state index is 12.6. The number of esters is 1. The fourth-order valence-electron chi connectivity index (χ4n) is 3.50. The Morgan fingerprint density at radius 1 is 1.13 bits per heavy atom. The Morgan fingerprint density at radius 3 is 2.58 bits per heavy atom. The fraction of sp³-hybridized carbons (Fsp3) is 0.375. The van der Waals surface area contributed by atoms with Crippen molar-refractivity contribution >= 4 is 23.5 Å². The molecule has 3 rings (SSSR count). The third-order valence-corrected chi connectivity index (χ3v) is 5.12. The van der Waals surface area contributed by atoms with Crippen LogP contribution in [0.15, 0.2) is 54.6 Å². The van der Waals surface area contributed by atoms with Crippen molar-refractivity contribution in [2.24, 2.45) is 0 Å². The first-order valence-corrected chi connectivity index (χ1v) is 10.6. The van der Waals surface area contributed by atoms with Gasteiger partial charge in [0.05, 0.1) is 18.2 Å². The molecular formula is C24H28N2O5. The van der Waals surface area contributed by atoms with Gasteiger partial charge in [0, 0.05) is 6.54 Å². The summed E-state index contributed by atoms with van der Waals surface area (Å²) in [6, 6.07) is 16.8. The molecule has 0 saturated carbocycles. The molecule has 0 saturated heterocycles. The van der Waals surface area contributed by atoms with E-state index in [0.717, 1.165) is 18.4 Å². The molecule has 0 bridgehead atoms. The lowest BCUT2D eigenvalue weighted by molar-refractivity contribution is -0.155. The Bertz CT molecular complexity index is 915. The van der Waals surface area contributed by atoms with Crippen molar-refractivity contribution in [2.45, 2.75) is 45.3 Å². The zero-order valence-corrected chi connectivity index (χ0v) is 17.9. The van der Waals surface area contributed by atoms with E-state index >= 15 is 0 Å². The van der Waals surface area contributed by atoms with E-state index in [1.807, 2.05) is 36.4 Å². The number of hydrogen-bond acceptors (Lipinski definition) is 5. The second kappa shape index (κ2) is 10.6. The SMILES string of the molecule is CCC[C@H](NC(=O)[C@H](C)OC(=O)CCN1C(=O)COc2ccccc21)c1ccccc1. The van der Waals surface area contributed by atoms with Crippen LogP contribution in [-0.4, -0.2) is 37.0 Å². The number of anilines is 1. The van der Waals surface area contributed by atoms with E-state index in [1.54, 1.807) is 25.1 Å². The van der Waals surface area contributed by atoms with Gasteiger partial charge in [-0.3, -0.25) is 14.4 Å². The first-order chi connectivity index (χ1) is 15.0. The van der Waals surface area contributed by atoms with Gasteiger partial charge in [-0.25, -0.2) is 0 Å². The molecule has 164 valence electrons. The van der Waals surface area contributed by atoms with Gasteiger partial charge in [0.15, 0.2) is 12.7 Å². The quantitative estimate of drug-likeness (QED) is 0.624. The summed E-state index contributed by atoms with van der Waals surface area (Å²) in [5.41, 5.74) is 1.64. The summed E-state index contributed by atoms with van der Waals surface area (Å²) in [4.78, 5) is 38.6. The van der Waals surface area contributed by atoms with Crippen molar-refractivity contribution in [1.82, 2.24) is 5.32 Å². The predicted octanol–water partition coefficient (Wildman–Crippen LogP) is 3.39. The minimum atomic E-state index is -0.928. The van der Waals surface area contributed by atoms with Crippen LogP contribution < -0.4 is 15.0 Å². The first kappa shape index (κ1) is 22.3. The predicted molar refractivity (Wildman–Crippen MR) is 117 cm³/mol. The molecule has 2 aromatic carbocycles. The molecule has 0 unspecified atom stereocenters. The summed E-state index contributed by atoms with van der Waals surface area (Å²) >= 11 is 0. The van der Waals surface area contributed by atoms with Crippen LogP contribution in [0, 0.1) is 0 Å². The minimum Gasteiger partial charge on any atom is -0.482 e. The van der Waals surface area contributed by atoms with Crippen molar-refractivity contribution in [3.05, 3.63) is 60.2 Å². The van der Waals surface area contributed by atoms with Crippen LogP contribution in [0.5, 0.6) is 5.75 Å². The van der Waals surface area contributed by atoms with Crippen molar-refractivity contribution < 1.29 is 23.9 Å². The molecule has 2 amide bonds. The van der Waals surface area contributed by atoms with Gasteiger partial charge in [-0.2, -0.15) is 0 Å². The summed E-state index contributed by atoms with van der Waals surface area (Å²) in [5, 5.41) is 2.97. The normalized spacial score (nSPS) is 14.8. The lowest BCUT2D eigenvalue weighted by Crippen LogP contribution is -2.41. The van der Waals surface area contributed by atoms with Crippen LogP contribution in [0.2, 0.25) is 0 Å². The Morgan fingerprint density at radius 2 is 1.84 bits per heavy atom. The highest BCUT2D eigenvalue weighted by molar-refractivity contribution is 5.98. The van der Waals surface area contributed by atoms with Crippen LogP contribution in [0.4, 0.5) is 5.69 Å². The van der Waals surface area contributed by atoms with Gasteiger partial charge < -0.3 is 19.7 Å². The molecule has 1 N–H and O–H groups in total. The molecule has 0 radical (unpaired) electrons. The van der Waals surface area contributed by atoms with Gasteiger partial charge in [0.25, 0.3) is 11.8 Å². The van der Waals surface area contributed by atoms with E-state index in [2.05, 4.69) is 12.2 Å². The Balaban J connectivity index is 1.53. The standard InChI is InChI=1S/C24H28N2O5/c1-3-9-19(18-10-5-4-6-11-18)25-24(29)17(2)31-23(28)14-15-26-20-12-7-8-13-21(20)30-16-22(26)27/h4-8,10-13,17,19H,3,9,14-16H2,1-2H3,(H,25,29)/t17-,19-/m0/s1. The molecule has 2 atom stereocenters. The molecule has 0 spiro atoms. The second-order valence-corrected chi connectivity index (χ2v) is 7.44. The average Bonchev–Trinajstić information content (AvgIpc) is 2.78. The Kier molecular flexibility index (Phi) is 7.65. The summed E-state index contributed by atoms with van der Waals surface area (Å²) < 4.78 is 10.7. The van der Waals surface area contributed by atoms with Crippen molar-refractivity contribution in [3.63, 3.8) is 0 Å². The van der Waals surface area contributed by atoms with Gasteiger partial charge in [-0.15, -0.1) is 0 Å². The number of amides is 2. The second-order valence-electron chi connectivity index (χ2n) is 7.44. The molecule has 7 heteroatoms. The maximum Gasteiger partial charge on any atom is 0.308 e. The van der Waals surface area contributed by atoms with Crippen LogP contribution in [0.1, 0.15) is 44.7 Å². The molecule has 1 aliphatic heterocycles. The number of carbonyl (C=O) groups excluding carboxylic acids is 3. The number of nitrogens with one attached hydrogen (secondary N) is 1. The fourth-order valence-corrected chi connectivity index (χ4v) is 3.50. The summed E-state index contributed by atoms with van der Waals surface area (Å²) in [6.07, 6.45) is 0.746. The molecule has 0 aliphatic carbocycles. The third kappa shape index (κ3) is 5.84. The summed E-state index contributed by atoms with van der Waals surface area (Å²) in [7, 11) is 0. The van der Waals surface area contributed by atoms with E-state index in [0.29, 0.717) is 11.4 Å². The molecule has 0 aromatic heterocycles. The lowest BCUT2D eigenvalue weighted by atomic mass is 10.0. The van der Waals surface area contributed by atoms with Crippen LogP contribution in [0.3, 0.4) is 0 Å². The molecular weight excluding hydrogens is 396 g/mol. The van der Waals surface area contributed by atoms with E-state index in [-0.39, 0.29) is 37.4 Å². The molecule has 2 aromatic rings. The topological polar surface area (TPSA) is 84.9 Å². The zero-order chi connectivity index (χ0) is 22.2. The number of fused-ring (bicyclic) bond motifs is 1. The minimum absolute atomic E-state index is 0.0191. The number of nitrogens with zero attached hydrogens (tertiary/aromatic N) is 1. The highest BCUT2D eigenvalue weighted by Gasteiger charge is 2.27. The zero-order valence-electron chi connectivity index (χ0n) is 17.9. The van der Waals surface area contributed by atoms with E-state index in [1.165, 1.54) is 4.90 Å². The Labute approximate surface area is 182 Å². The van der Waals surface area contributed by atoms with Crippen LogP contribution in [-0.2, 0) is 19.1 Å². The summed E-state index contributed by atoms with van der Waals surface area (Å²) in [5.74, 6) is -0.497.